The molecule has 0 radical (unpaired) electrons. The number of carbonyl (C=O) groups excluding carboxylic acids is 1. The average Bonchev–Trinajstić information content (AvgIpc) is 2.39. The number of hydrogen-bond acceptors (Lipinski definition) is 4. The molecule has 1 aliphatic carbocycles. The molecule has 0 aromatic carbocycles. The highest BCUT2D eigenvalue weighted by atomic mass is 16.5. The molecule has 2 fully saturated rings. The maximum Gasteiger partial charge on any atom is 0.324 e. The van der Waals surface area contributed by atoms with Crippen LogP contribution in [0.15, 0.2) is 0 Å². The quantitative estimate of drug-likeness (QED) is 0.752. The van der Waals surface area contributed by atoms with Gasteiger partial charge in [-0.05, 0) is 38.1 Å². The van der Waals surface area contributed by atoms with Crippen molar-refractivity contribution in [2.24, 2.45) is 11.7 Å². The van der Waals surface area contributed by atoms with E-state index in [1.165, 1.54) is 45.6 Å². The van der Waals surface area contributed by atoms with Crippen LogP contribution < -0.4 is 5.73 Å². The number of fused-ring (bicyclic) bond motifs is 1. The molecule has 1 aliphatic heterocycles. The second-order valence-corrected chi connectivity index (χ2v) is 5.27. The largest absolute Gasteiger partial charge is 0.468 e. The van der Waals surface area contributed by atoms with Crippen LogP contribution in [0.1, 0.15) is 38.5 Å². The molecule has 1 saturated heterocycles. The molecule has 0 spiro atoms. The molecule has 0 aromatic rings. The molecule has 17 heavy (non-hydrogen) atoms. The van der Waals surface area contributed by atoms with Crippen LogP contribution in [0.2, 0.25) is 0 Å². The summed E-state index contributed by atoms with van der Waals surface area (Å²) in [5.74, 6) is 0.606. The van der Waals surface area contributed by atoms with Gasteiger partial charge in [-0.15, -0.1) is 0 Å². The van der Waals surface area contributed by atoms with E-state index in [1.54, 1.807) is 0 Å². The van der Waals surface area contributed by atoms with E-state index in [4.69, 9.17) is 10.5 Å². The molecular weight excluding hydrogens is 216 g/mol. The van der Waals surface area contributed by atoms with Crippen molar-refractivity contribution >= 4 is 5.97 Å². The Morgan fingerprint density at radius 2 is 2.06 bits per heavy atom. The summed E-state index contributed by atoms with van der Waals surface area (Å²) in [5, 5.41) is 0. The number of nitrogens with zero attached hydrogens (tertiary/aromatic N) is 1. The lowest BCUT2D eigenvalue weighted by molar-refractivity contribution is -0.149. The van der Waals surface area contributed by atoms with Gasteiger partial charge in [-0.1, -0.05) is 12.8 Å². The summed E-state index contributed by atoms with van der Waals surface area (Å²) >= 11 is 0. The van der Waals surface area contributed by atoms with E-state index >= 15 is 0 Å². The minimum atomic E-state index is -0.231. The Bertz CT molecular complexity index is 268. The molecule has 0 amide bonds. The fourth-order valence-corrected chi connectivity index (χ4v) is 3.55. The number of hydrogen-bond donors (Lipinski definition) is 1. The van der Waals surface area contributed by atoms with Crippen LogP contribution in [0.4, 0.5) is 0 Å². The Morgan fingerprint density at radius 3 is 2.76 bits per heavy atom. The number of carbonyl (C=O) groups is 1. The summed E-state index contributed by atoms with van der Waals surface area (Å²) in [4.78, 5) is 14.1. The van der Waals surface area contributed by atoms with Crippen LogP contribution in [0.5, 0.6) is 0 Å². The normalized spacial score (nSPS) is 31.6. The fraction of sp³-hybridized carbons (Fsp3) is 0.923. The van der Waals surface area contributed by atoms with Crippen molar-refractivity contribution in [3.8, 4) is 0 Å². The fourth-order valence-electron chi connectivity index (χ4n) is 3.55. The second kappa shape index (κ2) is 5.83. The van der Waals surface area contributed by atoms with Crippen LogP contribution in [-0.4, -0.2) is 43.2 Å². The van der Waals surface area contributed by atoms with E-state index in [2.05, 4.69) is 4.90 Å². The highest BCUT2D eigenvalue weighted by molar-refractivity contribution is 5.76. The molecule has 98 valence electrons. The van der Waals surface area contributed by atoms with Gasteiger partial charge in [0.25, 0.3) is 0 Å². The van der Waals surface area contributed by atoms with E-state index in [0.29, 0.717) is 12.6 Å². The van der Waals surface area contributed by atoms with Gasteiger partial charge in [0.15, 0.2) is 0 Å². The lowest BCUT2D eigenvalue weighted by Crippen LogP contribution is -2.56. The molecule has 0 bridgehead atoms. The maximum atomic E-state index is 11.8. The van der Waals surface area contributed by atoms with Gasteiger partial charge >= 0.3 is 5.97 Å². The standard InChI is InChI=1S/C13H24N2O2/c1-17-13(16)12(9-14)15-8-4-6-10-5-2-3-7-11(10)15/h10-12H,2-9,14H2,1H3. The average molecular weight is 240 g/mol. The van der Waals surface area contributed by atoms with Crippen molar-refractivity contribution in [3.63, 3.8) is 0 Å². The number of ether oxygens (including phenoxy) is 1. The predicted octanol–water partition coefficient (Wildman–Crippen LogP) is 1.14. The summed E-state index contributed by atoms with van der Waals surface area (Å²) in [6.45, 7) is 1.37. The van der Waals surface area contributed by atoms with Gasteiger partial charge in [-0.25, -0.2) is 0 Å². The molecule has 0 aromatic heterocycles. The minimum absolute atomic E-state index is 0.168. The SMILES string of the molecule is COC(=O)C(CN)N1CCCC2CCCCC21. The summed E-state index contributed by atoms with van der Waals surface area (Å²) in [7, 11) is 1.45. The predicted molar refractivity (Wildman–Crippen MR) is 66.5 cm³/mol. The monoisotopic (exact) mass is 240 g/mol. The first-order valence-corrected chi connectivity index (χ1v) is 6.81. The van der Waals surface area contributed by atoms with Crippen molar-refractivity contribution in [2.75, 3.05) is 20.2 Å². The molecule has 2 N–H and O–H groups in total. The highest BCUT2D eigenvalue weighted by Crippen LogP contribution is 2.36. The lowest BCUT2D eigenvalue weighted by atomic mass is 9.77. The third-order valence-electron chi connectivity index (χ3n) is 4.38. The van der Waals surface area contributed by atoms with Gasteiger partial charge in [0.05, 0.1) is 7.11 Å². The second-order valence-electron chi connectivity index (χ2n) is 5.27. The van der Waals surface area contributed by atoms with Crippen molar-refractivity contribution < 1.29 is 9.53 Å². The Labute approximate surface area is 103 Å². The van der Waals surface area contributed by atoms with Crippen molar-refractivity contribution in [1.29, 1.82) is 0 Å². The number of methoxy groups -OCH3 is 1. The topological polar surface area (TPSA) is 55.6 Å². The number of rotatable bonds is 3. The zero-order chi connectivity index (χ0) is 12.3. The van der Waals surface area contributed by atoms with Crippen LogP contribution in [0.25, 0.3) is 0 Å². The van der Waals surface area contributed by atoms with Gasteiger partial charge in [0.2, 0.25) is 0 Å². The van der Waals surface area contributed by atoms with Gasteiger partial charge in [0, 0.05) is 12.6 Å². The smallest absolute Gasteiger partial charge is 0.324 e. The van der Waals surface area contributed by atoms with Crippen molar-refractivity contribution in [1.82, 2.24) is 4.90 Å². The van der Waals surface area contributed by atoms with Crippen LogP contribution in [-0.2, 0) is 9.53 Å². The Kier molecular flexibility index (Phi) is 4.40. The first kappa shape index (κ1) is 12.8. The van der Waals surface area contributed by atoms with Gasteiger partial charge in [-0.2, -0.15) is 0 Å². The molecular formula is C13H24N2O2. The zero-order valence-electron chi connectivity index (χ0n) is 10.7. The molecule has 2 aliphatic rings. The molecule has 1 heterocycles. The Balaban J connectivity index is 2.08. The van der Waals surface area contributed by atoms with E-state index < -0.39 is 0 Å². The van der Waals surface area contributed by atoms with Gasteiger partial charge in [-0.3, -0.25) is 9.69 Å². The summed E-state index contributed by atoms with van der Waals surface area (Å²) < 4.78 is 4.88. The zero-order valence-corrected chi connectivity index (χ0v) is 10.7. The summed E-state index contributed by atoms with van der Waals surface area (Å²) in [6.07, 6.45) is 7.68. The third kappa shape index (κ3) is 2.63. The van der Waals surface area contributed by atoms with Crippen molar-refractivity contribution in [3.05, 3.63) is 0 Å². The number of nitrogens with two attached hydrogens (primary N) is 1. The maximum absolute atomic E-state index is 11.8. The Hall–Kier alpha value is -0.610. The number of esters is 1. The molecule has 3 atom stereocenters. The minimum Gasteiger partial charge on any atom is -0.468 e. The van der Waals surface area contributed by atoms with Crippen LogP contribution >= 0.6 is 0 Å². The van der Waals surface area contributed by atoms with Crippen LogP contribution in [0, 0.1) is 5.92 Å². The first-order valence-electron chi connectivity index (χ1n) is 6.81. The van der Waals surface area contributed by atoms with Crippen LogP contribution in [0.3, 0.4) is 0 Å². The van der Waals surface area contributed by atoms with E-state index in [9.17, 15) is 4.79 Å². The summed E-state index contributed by atoms with van der Waals surface area (Å²) in [6, 6.07) is 0.330. The van der Waals surface area contributed by atoms with Gasteiger partial charge < -0.3 is 10.5 Å². The molecule has 3 unspecified atom stereocenters. The highest BCUT2D eigenvalue weighted by Gasteiger charge is 2.38. The third-order valence-corrected chi connectivity index (χ3v) is 4.38. The lowest BCUT2D eigenvalue weighted by Gasteiger charge is -2.46. The molecule has 1 saturated carbocycles. The van der Waals surface area contributed by atoms with E-state index in [-0.39, 0.29) is 12.0 Å². The molecule has 4 nitrogen and oxygen atoms in total. The van der Waals surface area contributed by atoms with E-state index in [1.807, 2.05) is 0 Å². The van der Waals surface area contributed by atoms with Gasteiger partial charge in [0.1, 0.15) is 6.04 Å². The molecule has 4 heteroatoms. The van der Waals surface area contributed by atoms with E-state index in [0.717, 1.165) is 12.5 Å². The first-order chi connectivity index (χ1) is 8.27. The number of piperidine rings is 1. The summed E-state index contributed by atoms with van der Waals surface area (Å²) in [5.41, 5.74) is 5.76. The molecule has 2 rings (SSSR count). The Morgan fingerprint density at radius 1 is 1.35 bits per heavy atom. The number of likely N-dealkylation sites (tertiary alicyclic amines) is 1. The van der Waals surface area contributed by atoms with Crippen molar-refractivity contribution in [2.45, 2.75) is 50.6 Å².